The first kappa shape index (κ1) is 26.6. The highest BCUT2D eigenvalue weighted by Gasteiger charge is 2.26. The van der Waals surface area contributed by atoms with E-state index in [0.29, 0.717) is 52.5 Å². The number of piperazine rings is 1. The fourth-order valence-corrected chi connectivity index (χ4v) is 3.92. The van der Waals surface area contributed by atoms with Crippen molar-refractivity contribution in [3.8, 4) is 0 Å². The highest BCUT2D eigenvalue weighted by atomic mass is 127. The molecule has 1 unspecified atom stereocenters. The van der Waals surface area contributed by atoms with Crippen LogP contribution < -0.4 is 5.32 Å². The number of rotatable bonds is 6. The molecule has 3 rings (SSSR count). The quantitative estimate of drug-likeness (QED) is 0.326. The third-order valence-corrected chi connectivity index (χ3v) is 5.60. The molecule has 0 radical (unpaired) electrons. The number of carbonyl (C=O) groups is 1. The number of aliphatic imine (C=N–C) groups is 1. The van der Waals surface area contributed by atoms with Crippen LogP contribution in [0.3, 0.4) is 0 Å². The lowest BCUT2D eigenvalue weighted by Crippen LogP contribution is -2.54. The van der Waals surface area contributed by atoms with Crippen molar-refractivity contribution in [2.45, 2.75) is 19.9 Å². The number of carbonyl (C=O) groups excluding carboxylic acids is 1. The van der Waals surface area contributed by atoms with Gasteiger partial charge in [-0.3, -0.25) is 9.89 Å². The van der Waals surface area contributed by atoms with Gasteiger partial charge in [-0.1, -0.05) is 12.1 Å². The Balaban J connectivity index is 0.00000363. The Bertz CT molecular complexity index is 723. The van der Waals surface area contributed by atoms with E-state index in [1.54, 1.807) is 4.90 Å². The monoisotopic (exact) mass is 563 g/mol. The molecular weight excluding hydrogens is 528 g/mol. The van der Waals surface area contributed by atoms with Gasteiger partial charge in [0.2, 0.25) is 0 Å². The second-order valence-electron chi connectivity index (χ2n) is 7.58. The van der Waals surface area contributed by atoms with Gasteiger partial charge in [-0.15, -0.1) is 24.0 Å². The first-order chi connectivity index (χ1) is 15.1. The van der Waals surface area contributed by atoms with Crippen LogP contribution in [-0.2, 0) is 9.47 Å². The summed E-state index contributed by atoms with van der Waals surface area (Å²) in [5.41, 5.74) is 1.05. The van der Waals surface area contributed by atoms with Gasteiger partial charge in [-0.2, -0.15) is 0 Å². The van der Waals surface area contributed by atoms with E-state index >= 15 is 0 Å². The van der Waals surface area contributed by atoms with Crippen LogP contribution in [0, 0.1) is 5.82 Å². The van der Waals surface area contributed by atoms with Crippen molar-refractivity contribution in [3.63, 3.8) is 0 Å². The van der Waals surface area contributed by atoms with E-state index in [9.17, 15) is 9.18 Å². The number of nitrogens with zero attached hydrogens (tertiary/aromatic N) is 4. The largest absolute Gasteiger partial charge is 0.450 e. The van der Waals surface area contributed by atoms with E-state index in [2.05, 4.69) is 15.1 Å². The predicted octanol–water partition coefficient (Wildman–Crippen LogP) is 2.56. The molecule has 0 aliphatic carbocycles. The average molecular weight is 563 g/mol. The molecule has 0 aromatic heterocycles. The van der Waals surface area contributed by atoms with Gasteiger partial charge in [0.05, 0.1) is 32.4 Å². The molecule has 1 aromatic rings. The van der Waals surface area contributed by atoms with Crippen molar-refractivity contribution in [2.75, 3.05) is 72.2 Å². The van der Waals surface area contributed by atoms with Gasteiger partial charge in [0.1, 0.15) is 5.82 Å². The van der Waals surface area contributed by atoms with E-state index in [4.69, 9.17) is 14.5 Å². The maximum Gasteiger partial charge on any atom is 0.409 e. The smallest absolute Gasteiger partial charge is 0.409 e. The number of hydrogen-bond acceptors (Lipinski definition) is 5. The minimum absolute atomic E-state index is 0. The van der Waals surface area contributed by atoms with Gasteiger partial charge in [-0.05, 0) is 31.5 Å². The molecule has 2 saturated heterocycles. The summed E-state index contributed by atoms with van der Waals surface area (Å²) in [7, 11) is 0. The van der Waals surface area contributed by atoms with Crippen molar-refractivity contribution in [1.29, 1.82) is 0 Å². The molecule has 2 aliphatic heterocycles. The van der Waals surface area contributed by atoms with E-state index < -0.39 is 0 Å². The number of hydrogen-bond donors (Lipinski definition) is 1. The highest BCUT2D eigenvalue weighted by Crippen LogP contribution is 2.23. The topological polar surface area (TPSA) is 69.6 Å². The molecule has 2 heterocycles. The molecule has 2 fully saturated rings. The highest BCUT2D eigenvalue weighted by molar-refractivity contribution is 14.0. The number of ether oxygens (including phenoxy) is 2. The van der Waals surface area contributed by atoms with E-state index in [-0.39, 0.29) is 41.9 Å². The lowest BCUT2D eigenvalue weighted by molar-refractivity contribution is 0.0179. The summed E-state index contributed by atoms with van der Waals surface area (Å²) in [6.45, 7) is 11.2. The normalized spacial score (nSPS) is 18.7. The van der Waals surface area contributed by atoms with Gasteiger partial charge < -0.3 is 24.6 Å². The second-order valence-corrected chi connectivity index (χ2v) is 7.58. The second kappa shape index (κ2) is 13.8. The van der Waals surface area contributed by atoms with Gasteiger partial charge in [-0.25, -0.2) is 9.18 Å². The molecule has 180 valence electrons. The molecule has 1 aromatic carbocycles. The number of guanidine groups is 1. The third-order valence-electron chi connectivity index (χ3n) is 5.60. The number of nitrogens with one attached hydrogen (secondary N) is 1. The zero-order valence-electron chi connectivity index (χ0n) is 19.0. The zero-order valence-corrected chi connectivity index (χ0v) is 21.3. The van der Waals surface area contributed by atoms with Crippen LogP contribution in [0.15, 0.2) is 29.3 Å². The van der Waals surface area contributed by atoms with Gasteiger partial charge in [0.25, 0.3) is 0 Å². The summed E-state index contributed by atoms with van der Waals surface area (Å²) in [6, 6.07) is 6.75. The van der Waals surface area contributed by atoms with Crippen molar-refractivity contribution in [2.24, 2.45) is 4.99 Å². The lowest BCUT2D eigenvalue weighted by Gasteiger charge is -2.37. The Morgan fingerprint density at radius 1 is 1.09 bits per heavy atom. The molecule has 1 atom stereocenters. The molecular formula is C22H35FIN5O3. The van der Waals surface area contributed by atoms with Crippen LogP contribution in [0.2, 0.25) is 0 Å². The number of amides is 1. The van der Waals surface area contributed by atoms with E-state index in [1.165, 1.54) is 12.1 Å². The molecule has 8 nitrogen and oxygen atoms in total. The van der Waals surface area contributed by atoms with Crippen LogP contribution in [-0.4, -0.2) is 98.9 Å². The molecule has 10 heteroatoms. The summed E-state index contributed by atoms with van der Waals surface area (Å²) in [6.07, 6.45) is -0.257. The minimum atomic E-state index is -0.257. The summed E-state index contributed by atoms with van der Waals surface area (Å²) in [5.74, 6) is 0.604. The molecule has 0 bridgehead atoms. The molecule has 0 spiro atoms. The summed E-state index contributed by atoms with van der Waals surface area (Å²) in [5, 5.41) is 3.38. The van der Waals surface area contributed by atoms with Crippen LogP contribution >= 0.6 is 24.0 Å². The summed E-state index contributed by atoms with van der Waals surface area (Å²) < 4.78 is 24.1. The summed E-state index contributed by atoms with van der Waals surface area (Å²) in [4.78, 5) is 23.2. The fourth-order valence-electron chi connectivity index (χ4n) is 3.92. The van der Waals surface area contributed by atoms with Gasteiger partial charge >= 0.3 is 6.09 Å². The lowest BCUT2D eigenvalue weighted by atomic mass is 10.0. The number of halogens is 2. The Morgan fingerprint density at radius 2 is 1.72 bits per heavy atom. The fraction of sp³-hybridized carbons (Fsp3) is 0.636. The SMILES string of the molecule is CCNC(=NCC(c1ccc(F)cc1)N1CCOCC1)N1CCN(C(=O)OCC)CC1.I. The van der Waals surface area contributed by atoms with Crippen molar-refractivity contribution in [3.05, 3.63) is 35.6 Å². The average Bonchev–Trinajstić information content (AvgIpc) is 2.80. The maximum atomic E-state index is 13.5. The van der Waals surface area contributed by atoms with Crippen LogP contribution in [0.5, 0.6) is 0 Å². The van der Waals surface area contributed by atoms with E-state index in [1.807, 2.05) is 26.0 Å². The van der Waals surface area contributed by atoms with Crippen LogP contribution in [0.1, 0.15) is 25.5 Å². The standard InChI is InChI=1S/C22H34FN5O3.HI/c1-3-24-21(27-9-11-28(12-10-27)22(29)31-4-2)25-17-20(26-13-15-30-16-14-26)18-5-7-19(23)8-6-18;/h5-8,20H,3-4,9-17H2,1-2H3,(H,24,25);1H. The number of benzene rings is 1. The Kier molecular flexibility index (Phi) is 11.5. The zero-order chi connectivity index (χ0) is 22.1. The minimum Gasteiger partial charge on any atom is -0.450 e. The van der Waals surface area contributed by atoms with Gasteiger partial charge in [0.15, 0.2) is 5.96 Å². The van der Waals surface area contributed by atoms with Crippen LogP contribution in [0.4, 0.5) is 9.18 Å². The molecule has 32 heavy (non-hydrogen) atoms. The predicted molar refractivity (Wildman–Crippen MR) is 133 cm³/mol. The Hall–Kier alpha value is -1.66. The number of morpholine rings is 1. The van der Waals surface area contributed by atoms with Crippen molar-refractivity contribution < 1.29 is 18.7 Å². The molecule has 0 saturated carbocycles. The van der Waals surface area contributed by atoms with Gasteiger partial charge in [0, 0.05) is 45.8 Å². The van der Waals surface area contributed by atoms with Crippen molar-refractivity contribution in [1.82, 2.24) is 20.0 Å². The molecule has 1 N–H and O–H groups in total. The van der Waals surface area contributed by atoms with E-state index in [0.717, 1.165) is 31.2 Å². The maximum absolute atomic E-state index is 13.5. The summed E-state index contributed by atoms with van der Waals surface area (Å²) >= 11 is 0. The van der Waals surface area contributed by atoms with Crippen LogP contribution in [0.25, 0.3) is 0 Å². The molecule has 1 amide bonds. The third kappa shape index (κ3) is 7.45. The molecule has 2 aliphatic rings. The first-order valence-electron chi connectivity index (χ1n) is 11.1. The Labute approximate surface area is 207 Å². The first-order valence-corrected chi connectivity index (χ1v) is 11.1. The Morgan fingerprint density at radius 3 is 2.31 bits per heavy atom. The van der Waals surface area contributed by atoms with Crippen molar-refractivity contribution >= 4 is 36.0 Å².